The normalized spacial score (nSPS) is 15.5. The molecular weight excluding hydrogens is 334 g/mol. The fraction of sp³-hybridized carbons (Fsp3) is 0.250. The Morgan fingerprint density at radius 2 is 1.96 bits per heavy atom. The van der Waals surface area contributed by atoms with Crippen molar-refractivity contribution in [2.24, 2.45) is 0 Å². The van der Waals surface area contributed by atoms with E-state index < -0.39 is 0 Å². The molecule has 0 bridgehead atoms. The first kappa shape index (κ1) is 17.7. The molecule has 6 heteroatoms. The number of para-hydroxylation sites is 3. The average Bonchev–Trinajstić information content (AvgIpc) is 2.70. The molecular formula is C20H21NO5. The second-order valence-corrected chi connectivity index (χ2v) is 5.66. The van der Waals surface area contributed by atoms with Crippen LogP contribution in [0.5, 0.6) is 23.0 Å². The Hall–Kier alpha value is -3.15. The van der Waals surface area contributed by atoms with Gasteiger partial charge in [0.2, 0.25) is 5.91 Å². The fourth-order valence-electron chi connectivity index (χ4n) is 2.65. The first-order valence-corrected chi connectivity index (χ1v) is 8.26. The van der Waals surface area contributed by atoms with Gasteiger partial charge < -0.3 is 24.3 Å². The lowest BCUT2D eigenvalue weighted by molar-refractivity contribution is -0.116. The van der Waals surface area contributed by atoms with Gasteiger partial charge >= 0.3 is 0 Å². The van der Waals surface area contributed by atoms with Gasteiger partial charge in [-0.1, -0.05) is 24.3 Å². The van der Waals surface area contributed by atoms with Gasteiger partial charge in [0.05, 0.1) is 20.8 Å². The van der Waals surface area contributed by atoms with E-state index in [9.17, 15) is 4.79 Å². The molecule has 1 heterocycles. The van der Waals surface area contributed by atoms with Crippen molar-refractivity contribution in [2.45, 2.75) is 6.10 Å². The molecule has 2 aromatic rings. The quantitative estimate of drug-likeness (QED) is 0.807. The third-order valence-electron chi connectivity index (χ3n) is 3.92. The summed E-state index contributed by atoms with van der Waals surface area (Å²) >= 11 is 0. The minimum absolute atomic E-state index is 0.225. The molecule has 2 aromatic carbocycles. The Morgan fingerprint density at radius 1 is 1.15 bits per heavy atom. The van der Waals surface area contributed by atoms with Gasteiger partial charge in [-0.2, -0.15) is 0 Å². The highest BCUT2D eigenvalue weighted by Crippen LogP contribution is 2.32. The first-order valence-electron chi connectivity index (χ1n) is 8.26. The van der Waals surface area contributed by atoms with Crippen molar-refractivity contribution in [1.82, 2.24) is 5.32 Å². The minimum Gasteiger partial charge on any atom is -0.493 e. The number of hydrogen-bond acceptors (Lipinski definition) is 5. The third-order valence-corrected chi connectivity index (χ3v) is 3.92. The van der Waals surface area contributed by atoms with Crippen LogP contribution < -0.4 is 24.3 Å². The number of nitrogens with one attached hydrogen (secondary N) is 1. The summed E-state index contributed by atoms with van der Waals surface area (Å²) in [5.41, 5.74) is 0.758. The molecule has 0 saturated carbocycles. The van der Waals surface area contributed by atoms with E-state index in [-0.39, 0.29) is 12.0 Å². The van der Waals surface area contributed by atoms with Crippen molar-refractivity contribution in [3.63, 3.8) is 0 Å². The van der Waals surface area contributed by atoms with Crippen LogP contribution in [-0.2, 0) is 4.79 Å². The highest BCUT2D eigenvalue weighted by molar-refractivity contribution is 5.92. The van der Waals surface area contributed by atoms with Crippen molar-refractivity contribution in [3.8, 4) is 23.0 Å². The van der Waals surface area contributed by atoms with Gasteiger partial charge in [-0.3, -0.25) is 4.79 Å². The Balaban J connectivity index is 1.56. The molecule has 1 amide bonds. The van der Waals surface area contributed by atoms with Gasteiger partial charge in [-0.05, 0) is 24.3 Å². The molecule has 1 aliphatic heterocycles. The molecule has 1 atom stereocenters. The first-order chi connectivity index (χ1) is 12.7. The number of rotatable bonds is 6. The number of amides is 1. The van der Waals surface area contributed by atoms with Crippen molar-refractivity contribution >= 4 is 12.0 Å². The summed E-state index contributed by atoms with van der Waals surface area (Å²) in [4.78, 5) is 12.1. The van der Waals surface area contributed by atoms with E-state index in [4.69, 9.17) is 18.9 Å². The van der Waals surface area contributed by atoms with Gasteiger partial charge in [-0.25, -0.2) is 0 Å². The summed E-state index contributed by atoms with van der Waals surface area (Å²) in [6, 6.07) is 13.0. The van der Waals surface area contributed by atoms with Gasteiger partial charge in [0.15, 0.2) is 23.0 Å². The van der Waals surface area contributed by atoms with Crippen LogP contribution in [0.4, 0.5) is 0 Å². The molecule has 1 aliphatic rings. The minimum atomic E-state index is -0.228. The van der Waals surface area contributed by atoms with Crippen LogP contribution in [0.2, 0.25) is 0 Å². The van der Waals surface area contributed by atoms with Crippen molar-refractivity contribution in [2.75, 3.05) is 27.4 Å². The lowest BCUT2D eigenvalue weighted by Crippen LogP contribution is -2.40. The topological polar surface area (TPSA) is 66.0 Å². The number of carbonyl (C=O) groups is 1. The second-order valence-electron chi connectivity index (χ2n) is 5.66. The fourth-order valence-corrected chi connectivity index (χ4v) is 2.65. The van der Waals surface area contributed by atoms with Crippen LogP contribution in [0, 0.1) is 0 Å². The zero-order valence-corrected chi connectivity index (χ0v) is 14.7. The maximum atomic E-state index is 12.1. The highest BCUT2D eigenvalue weighted by Gasteiger charge is 2.20. The van der Waals surface area contributed by atoms with Crippen molar-refractivity contribution in [1.29, 1.82) is 0 Å². The van der Waals surface area contributed by atoms with E-state index in [1.165, 1.54) is 6.08 Å². The molecule has 0 fully saturated rings. The van der Waals surface area contributed by atoms with Gasteiger partial charge in [-0.15, -0.1) is 0 Å². The average molecular weight is 355 g/mol. The van der Waals surface area contributed by atoms with E-state index in [1.807, 2.05) is 36.4 Å². The lowest BCUT2D eigenvalue weighted by Gasteiger charge is -2.26. The van der Waals surface area contributed by atoms with E-state index >= 15 is 0 Å². The van der Waals surface area contributed by atoms with Gasteiger partial charge in [0.1, 0.15) is 12.7 Å². The molecule has 136 valence electrons. The predicted molar refractivity (Wildman–Crippen MR) is 97.9 cm³/mol. The summed E-state index contributed by atoms with van der Waals surface area (Å²) in [7, 11) is 3.13. The van der Waals surface area contributed by atoms with Crippen LogP contribution in [0.3, 0.4) is 0 Å². The van der Waals surface area contributed by atoms with E-state index in [0.29, 0.717) is 30.4 Å². The molecule has 26 heavy (non-hydrogen) atoms. The summed E-state index contributed by atoms with van der Waals surface area (Å²) in [5.74, 6) is 2.38. The van der Waals surface area contributed by atoms with Crippen LogP contribution >= 0.6 is 0 Å². The molecule has 0 spiro atoms. The summed E-state index contributed by atoms with van der Waals surface area (Å²) in [6.45, 7) is 0.747. The van der Waals surface area contributed by atoms with Crippen LogP contribution in [0.1, 0.15) is 5.56 Å². The number of fused-ring (bicyclic) bond motifs is 1. The molecule has 3 rings (SSSR count). The maximum absolute atomic E-state index is 12.1. The Labute approximate surface area is 152 Å². The lowest BCUT2D eigenvalue weighted by atomic mass is 10.1. The highest BCUT2D eigenvalue weighted by atomic mass is 16.6. The number of hydrogen-bond donors (Lipinski definition) is 1. The van der Waals surface area contributed by atoms with Crippen LogP contribution in [-0.4, -0.2) is 39.4 Å². The third kappa shape index (κ3) is 4.08. The molecule has 1 N–H and O–H groups in total. The van der Waals surface area contributed by atoms with Gasteiger partial charge in [0.25, 0.3) is 0 Å². The monoisotopic (exact) mass is 355 g/mol. The molecule has 0 aliphatic carbocycles. The molecule has 0 radical (unpaired) electrons. The van der Waals surface area contributed by atoms with Gasteiger partial charge in [0, 0.05) is 11.6 Å². The van der Waals surface area contributed by atoms with Crippen molar-refractivity contribution in [3.05, 3.63) is 54.1 Å². The summed E-state index contributed by atoms with van der Waals surface area (Å²) in [6.07, 6.45) is 2.91. The maximum Gasteiger partial charge on any atom is 0.244 e. The molecule has 0 aromatic heterocycles. The largest absolute Gasteiger partial charge is 0.493 e. The Kier molecular flexibility index (Phi) is 5.63. The van der Waals surface area contributed by atoms with Crippen molar-refractivity contribution < 1.29 is 23.7 Å². The van der Waals surface area contributed by atoms with E-state index in [0.717, 1.165) is 11.3 Å². The number of methoxy groups -OCH3 is 2. The zero-order valence-electron chi connectivity index (χ0n) is 14.7. The predicted octanol–water partition coefficient (Wildman–Crippen LogP) is 2.67. The number of benzene rings is 2. The molecule has 6 nitrogen and oxygen atoms in total. The number of ether oxygens (including phenoxy) is 4. The van der Waals surface area contributed by atoms with Crippen LogP contribution in [0.25, 0.3) is 6.08 Å². The number of carbonyl (C=O) groups excluding carboxylic acids is 1. The van der Waals surface area contributed by atoms with Crippen LogP contribution in [0.15, 0.2) is 48.5 Å². The standard InChI is InChI=1S/C20H21NO5/c1-23-18-9-5-6-14(20(18)24-2)10-11-19(22)21-12-15-13-25-16-7-3-4-8-17(16)26-15/h3-11,15H,12-13H2,1-2H3,(H,21,22). The Morgan fingerprint density at radius 3 is 2.73 bits per heavy atom. The molecule has 1 unspecified atom stereocenters. The second kappa shape index (κ2) is 8.29. The van der Waals surface area contributed by atoms with E-state index in [1.54, 1.807) is 26.4 Å². The smallest absolute Gasteiger partial charge is 0.244 e. The Bertz CT molecular complexity index is 803. The SMILES string of the molecule is COc1cccc(C=CC(=O)NCC2COc3ccccc3O2)c1OC. The summed E-state index contributed by atoms with van der Waals surface area (Å²) in [5, 5.41) is 2.82. The van der Waals surface area contributed by atoms with E-state index in [2.05, 4.69) is 5.32 Å². The molecule has 0 saturated heterocycles. The zero-order chi connectivity index (χ0) is 18.4. The summed E-state index contributed by atoms with van der Waals surface area (Å²) < 4.78 is 22.0.